The molecule has 0 saturated heterocycles. The fraction of sp³-hybridized carbons (Fsp3) is 0.400. The molecule has 0 amide bonds. The van der Waals surface area contributed by atoms with Crippen molar-refractivity contribution in [3.05, 3.63) is 29.8 Å². The largest absolute Gasteiger partial charge is 0.373 e. The van der Waals surface area contributed by atoms with Gasteiger partial charge in [0.15, 0.2) is 0 Å². The number of likely N-dealkylation sites (N-methyl/N-ethyl adjacent to an activating group) is 1. The Morgan fingerprint density at radius 2 is 2.17 bits per heavy atom. The van der Waals surface area contributed by atoms with E-state index in [0.717, 1.165) is 19.6 Å². The molecule has 1 aliphatic heterocycles. The van der Waals surface area contributed by atoms with E-state index in [0.29, 0.717) is 0 Å². The lowest BCUT2D eigenvalue weighted by Gasteiger charge is -2.18. The Morgan fingerprint density at radius 1 is 1.33 bits per heavy atom. The maximum absolute atomic E-state index is 3.39. The second kappa shape index (κ2) is 3.15. The fourth-order valence-electron chi connectivity index (χ4n) is 1.62. The number of hydrogen-bond donors (Lipinski definition) is 1. The van der Waals surface area contributed by atoms with Crippen LogP contribution in [0.2, 0.25) is 0 Å². The van der Waals surface area contributed by atoms with Crippen molar-refractivity contribution in [3.8, 4) is 0 Å². The van der Waals surface area contributed by atoms with Gasteiger partial charge in [-0.2, -0.15) is 0 Å². The monoisotopic (exact) mass is 162 g/mol. The third-order valence-electron chi connectivity index (χ3n) is 2.34. The molecule has 12 heavy (non-hydrogen) atoms. The second-order valence-electron chi connectivity index (χ2n) is 3.23. The molecule has 1 heterocycles. The van der Waals surface area contributed by atoms with Crippen molar-refractivity contribution in [2.75, 3.05) is 25.0 Å². The van der Waals surface area contributed by atoms with Gasteiger partial charge in [0.25, 0.3) is 0 Å². The van der Waals surface area contributed by atoms with Crippen LogP contribution >= 0.6 is 0 Å². The van der Waals surface area contributed by atoms with Gasteiger partial charge in [-0.3, -0.25) is 0 Å². The number of nitrogens with zero attached hydrogens (tertiary/aromatic N) is 1. The summed E-state index contributed by atoms with van der Waals surface area (Å²) in [5.41, 5.74) is 2.76. The van der Waals surface area contributed by atoms with Gasteiger partial charge in [-0.25, -0.2) is 0 Å². The first-order valence-electron chi connectivity index (χ1n) is 4.38. The Bertz CT molecular complexity index is 270. The Hall–Kier alpha value is -1.02. The third-order valence-corrected chi connectivity index (χ3v) is 2.34. The lowest BCUT2D eigenvalue weighted by Crippen LogP contribution is -2.24. The van der Waals surface area contributed by atoms with Gasteiger partial charge in [0.1, 0.15) is 0 Å². The van der Waals surface area contributed by atoms with E-state index in [9.17, 15) is 0 Å². The smallest absolute Gasteiger partial charge is 0.0409 e. The molecule has 64 valence electrons. The molecule has 1 aromatic carbocycles. The third kappa shape index (κ3) is 1.30. The summed E-state index contributed by atoms with van der Waals surface area (Å²) in [6.07, 6.45) is 0. The maximum Gasteiger partial charge on any atom is 0.0409 e. The van der Waals surface area contributed by atoms with Gasteiger partial charge in [-0.1, -0.05) is 18.2 Å². The van der Waals surface area contributed by atoms with Crippen molar-refractivity contribution in [1.29, 1.82) is 0 Å². The highest BCUT2D eigenvalue weighted by Gasteiger charge is 2.09. The minimum absolute atomic E-state index is 1.00. The highest BCUT2D eigenvalue weighted by atomic mass is 15.1. The number of hydrogen-bond acceptors (Lipinski definition) is 2. The molecule has 0 spiro atoms. The van der Waals surface area contributed by atoms with E-state index >= 15 is 0 Å². The first-order chi connectivity index (χ1) is 5.88. The van der Waals surface area contributed by atoms with Crippen LogP contribution in [0.3, 0.4) is 0 Å². The highest BCUT2D eigenvalue weighted by molar-refractivity contribution is 5.53. The van der Waals surface area contributed by atoms with Crippen molar-refractivity contribution >= 4 is 5.69 Å². The summed E-state index contributed by atoms with van der Waals surface area (Å²) < 4.78 is 0. The lowest BCUT2D eigenvalue weighted by molar-refractivity contribution is 0.707. The molecule has 0 aliphatic carbocycles. The van der Waals surface area contributed by atoms with E-state index in [1.54, 1.807) is 0 Å². The van der Waals surface area contributed by atoms with Gasteiger partial charge in [0.2, 0.25) is 0 Å². The predicted octanol–water partition coefficient (Wildman–Crippen LogP) is 1.23. The first-order valence-corrected chi connectivity index (χ1v) is 4.38. The molecule has 2 nitrogen and oxygen atoms in total. The second-order valence-corrected chi connectivity index (χ2v) is 3.23. The standard InChI is InChI=1S/C10H14N2/c1-12-7-6-11-8-9-4-2-3-5-10(9)12/h2-5,11H,6-8H2,1H3. The van der Waals surface area contributed by atoms with Crippen LogP contribution in [0.15, 0.2) is 24.3 Å². The average molecular weight is 162 g/mol. The molecule has 0 aromatic heterocycles. The van der Waals surface area contributed by atoms with E-state index in [2.05, 4.69) is 41.5 Å². The molecule has 0 saturated carbocycles. The highest BCUT2D eigenvalue weighted by Crippen LogP contribution is 2.19. The minimum atomic E-state index is 1.00. The number of nitrogens with one attached hydrogen (secondary N) is 1. The van der Waals surface area contributed by atoms with Crippen molar-refractivity contribution < 1.29 is 0 Å². The molecule has 2 rings (SSSR count). The molecule has 0 atom stereocenters. The summed E-state index contributed by atoms with van der Waals surface area (Å²) in [5.74, 6) is 0. The lowest BCUT2D eigenvalue weighted by atomic mass is 10.2. The summed E-state index contributed by atoms with van der Waals surface area (Å²) in [6.45, 7) is 3.17. The Labute approximate surface area is 73.2 Å². The van der Waals surface area contributed by atoms with Gasteiger partial charge in [0, 0.05) is 32.4 Å². The van der Waals surface area contributed by atoms with Gasteiger partial charge in [-0.05, 0) is 11.6 Å². The molecule has 1 aromatic rings. The number of para-hydroxylation sites is 1. The maximum atomic E-state index is 3.39. The van der Waals surface area contributed by atoms with Crippen molar-refractivity contribution in [2.24, 2.45) is 0 Å². The average Bonchev–Trinajstić information content (AvgIpc) is 2.29. The fourth-order valence-corrected chi connectivity index (χ4v) is 1.62. The number of benzene rings is 1. The summed E-state index contributed by atoms with van der Waals surface area (Å²) in [7, 11) is 2.14. The van der Waals surface area contributed by atoms with Gasteiger partial charge < -0.3 is 10.2 Å². The SMILES string of the molecule is CN1CCNCc2ccccc21. The molecule has 0 radical (unpaired) electrons. The molecular weight excluding hydrogens is 148 g/mol. The van der Waals surface area contributed by atoms with Crippen LogP contribution in [0.5, 0.6) is 0 Å². The van der Waals surface area contributed by atoms with Gasteiger partial charge >= 0.3 is 0 Å². The quantitative estimate of drug-likeness (QED) is 0.617. The summed E-state index contributed by atoms with van der Waals surface area (Å²) in [4.78, 5) is 2.30. The Balaban J connectivity index is 2.39. The zero-order valence-corrected chi connectivity index (χ0v) is 7.38. The Kier molecular flexibility index (Phi) is 2.00. The van der Waals surface area contributed by atoms with Crippen LogP contribution in [0.4, 0.5) is 5.69 Å². The van der Waals surface area contributed by atoms with E-state index in [1.807, 2.05) is 0 Å². The topological polar surface area (TPSA) is 15.3 Å². The molecule has 1 aliphatic rings. The number of fused-ring (bicyclic) bond motifs is 1. The van der Waals surface area contributed by atoms with E-state index in [4.69, 9.17) is 0 Å². The minimum Gasteiger partial charge on any atom is -0.373 e. The first kappa shape index (κ1) is 7.62. The summed E-state index contributed by atoms with van der Waals surface area (Å²) >= 11 is 0. The molecular formula is C10H14N2. The molecule has 2 heteroatoms. The summed E-state index contributed by atoms with van der Waals surface area (Å²) in [6, 6.07) is 8.56. The van der Waals surface area contributed by atoms with Gasteiger partial charge in [0.05, 0.1) is 0 Å². The molecule has 1 N–H and O–H groups in total. The zero-order chi connectivity index (χ0) is 8.39. The van der Waals surface area contributed by atoms with Crippen LogP contribution in [0.1, 0.15) is 5.56 Å². The van der Waals surface area contributed by atoms with E-state index in [-0.39, 0.29) is 0 Å². The number of anilines is 1. The normalized spacial score (nSPS) is 16.9. The number of rotatable bonds is 0. The van der Waals surface area contributed by atoms with Crippen molar-refractivity contribution in [3.63, 3.8) is 0 Å². The molecule has 0 unspecified atom stereocenters. The van der Waals surface area contributed by atoms with Crippen molar-refractivity contribution in [1.82, 2.24) is 5.32 Å². The van der Waals surface area contributed by atoms with Crippen molar-refractivity contribution in [2.45, 2.75) is 6.54 Å². The van der Waals surface area contributed by atoms with Gasteiger partial charge in [-0.15, -0.1) is 0 Å². The molecule has 0 fully saturated rings. The van der Waals surface area contributed by atoms with Crippen LogP contribution in [-0.4, -0.2) is 20.1 Å². The Morgan fingerprint density at radius 3 is 3.08 bits per heavy atom. The van der Waals surface area contributed by atoms with E-state index in [1.165, 1.54) is 11.3 Å². The summed E-state index contributed by atoms with van der Waals surface area (Å²) in [5, 5.41) is 3.39. The van der Waals surface area contributed by atoms with Crippen LogP contribution in [-0.2, 0) is 6.54 Å². The van der Waals surface area contributed by atoms with E-state index < -0.39 is 0 Å². The van der Waals surface area contributed by atoms with Crippen LogP contribution in [0.25, 0.3) is 0 Å². The van der Waals surface area contributed by atoms with Crippen LogP contribution < -0.4 is 10.2 Å². The predicted molar refractivity (Wildman–Crippen MR) is 51.4 cm³/mol. The zero-order valence-electron chi connectivity index (χ0n) is 7.38. The van der Waals surface area contributed by atoms with Crippen LogP contribution in [0, 0.1) is 0 Å². The molecule has 0 bridgehead atoms.